The van der Waals surface area contributed by atoms with E-state index in [-0.39, 0.29) is 17.9 Å². The number of hydrogen-bond donors (Lipinski definition) is 2. The minimum atomic E-state index is -0.273. The van der Waals surface area contributed by atoms with Gasteiger partial charge in [0.15, 0.2) is 0 Å². The van der Waals surface area contributed by atoms with Gasteiger partial charge in [0.05, 0.1) is 5.41 Å². The Labute approximate surface area is 104 Å². The Morgan fingerprint density at radius 3 is 2.53 bits per heavy atom. The van der Waals surface area contributed by atoms with Crippen LogP contribution in [-0.4, -0.2) is 42.7 Å². The second-order valence-electron chi connectivity index (χ2n) is 5.51. The van der Waals surface area contributed by atoms with Crippen molar-refractivity contribution in [3.8, 4) is 0 Å². The van der Waals surface area contributed by atoms with Gasteiger partial charge in [-0.2, -0.15) is 0 Å². The molecular weight excluding hydrogens is 216 g/mol. The first-order valence-corrected chi connectivity index (χ1v) is 6.62. The summed E-state index contributed by atoms with van der Waals surface area (Å²) in [6.45, 7) is 3.65. The molecule has 0 radical (unpaired) electrons. The highest BCUT2D eigenvalue weighted by Gasteiger charge is 2.48. The Morgan fingerprint density at radius 1 is 1.41 bits per heavy atom. The molecular formula is C13H26N2O2. The fourth-order valence-corrected chi connectivity index (χ4v) is 2.85. The first-order chi connectivity index (χ1) is 8.05. The number of rotatable bonds is 7. The van der Waals surface area contributed by atoms with E-state index in [0.717, 1.165) is 38.6 Å². The zero-order chi connectivity index (χ0) is 12.9. The first-order valence-electron chi connectivity index (χ1n) is 6.62. The number of amides is 1. The molecule has 0 aromatic heterocycles. The molecule has 0 aromatic carbocycles. The number of unbranched alkanes of at least 4 members (excludes halogenated alkanes) is 2. The van der Waals surface area contributed by atoms with Crippen molar-refractivity contribution in [1.29, 1.82) is 0 Å². The Bertz CT molecular complexity index is 250. The van der Waals surface area contributed by atoms with Crippen molar-refractivity contribution in [3.63, 3.8) is 0 Å². The highest BCUT2D eigenvalue weighted by atomic mass is 16.2. The second-order valence-corrected chi connectivity index (χ2v) is 5.51. The average Bonchev–Trinajstić information content (AvgIpc) is 2.29. The molecule has 17 heavy (non-hydrogen) atoms. The van der Waals surface area contributed by atoms with E-state index in [4.69, 9.17) is 10.8 Å². The van der Waals surface area contributed by atoms with Crippen molar-refractivity contribution in [2.45, 2.75) is 39.0 Å². The monoisotopic (exact) mass is 242 g/mol. The van der Waals surface area contributed by atoms with Gasteiger partial charge in [-0.1, -0.05) is 6.92 Å². The van der Waals surface area contributed by atoms with Gasteiger partial charge in [-0.05, 0) is 38.0 Å². The Morgan fingerprint density at radius 2 is 2.06 bits per heavy atom. The molecule has 1 saturated carbocycles. The van der Waals surface area contributed by atoms with Crippen molar-refractivity contribution in [3.05, 3.63) is 0 Å². The van der Waals surface area contributed by atoms with E-state index in [1.165, 1.54) is 0 Å². The third kappa shape index (κ3) is 3.42. The second kappa shape index (κ2) is 6.36. The highest BCUT2D eigenvalue weighted by molar-refractivity contribution is 5.83. The number of carbonyl (C=O) groups excluding carboxylic acids is 1. The molecule has 1 amide bonds. The van der Waals surface area contributed by atoms with Gasteiger partial charge in [0.2, 0.25) is 5.91 Å². The van der Waals surface area contributed by atoms with Crippen LogP contribution in [0.1, 0.15) is 39.0 Å². The molecule has 0 saturated heterocycles. The van der Waals surface area contributed by atoms with E-state index < -0.39 is 0 Å². The summed E-state index contributed by atoms with van der Waals surface area (Å²) in [4.78, 5) is 14.1. The summed E-state index contributed by atoms with van der Waals surface area (Å²) in [6, 6.07) is 0. The molecule has 0 heterocycles. The fraction of sp³-hybridized carbons (Fsp3) is 0.923. The Kier molecular flexibility index (Phi) is 5.40. The van der Waals surface area contributed by atoms with E-state index in [2.05, 4.69) is 6.92 Å². The van der Waals surface area contributed by atoms with E-state index in [9.17, 15) is 4.79 Å². The molecule has 0 unspecified atom stereocenters. The number of nitrogens with two attached hydrogens (primary N) is 1. The number of carbonyl (C=O) groups is 1. The number of aliphatic hydroxyl groups excluding tert-OH is 1. The summed E-state index contributed by atoms with van der Waals surface area (Å²) in [6.07, 6.45) is 4.62. The molecule has 1 aliphatic carbocycles. The Balaban J connectivity index is 2.35. The quantitative estimate of drug-likeness (QED) is 0.654. The first kappa shape index (κ1) is 14.5. The largest absolute Gasteiger partial charge is 0.396 e. The van der Waals surface area contributed by atoms with E-state index >= 15 is 0 Å². The summed E-state index contributed by atoms with van der Waals surface area (Å²) in [5, 5.41) is 8.69. The molecule has 0 spiro atoms. The van der Waals surface area contributed by atoms with Crippen LogP contribution in [0, 0.1) is 11.3 Å². The normalized spacial score (nSPS) is 27.6. The van der Waals surface area contributed by atoms with Crippen molar-refractivity contribution in [2.24, 2.45) is 17.1 Å². The molecule has 4 heteroatoms. The van der Waals surface area contributed by atoms with Gasteiger partial charge < -0.3 is 15.7 Å². The van der Waals surface area contributed by atoms with Gasteiger partial charge in [0.25, 0.3) is 0 Å². The summed E-state index contributed by atoms with van der Waals surface area (Å²) in [5.41, 5.74) is 5.49. The fourth-order valence-electron chi connectivity index (χ4n) is 2.85. The average molecular weight is 242 g/mol. The highest BCUT2D eigenvalue weighted by Crippen LogP contribution is 2.45. The van der Waals surface area contributed by atoms with Crippen LogP contribution in [0.25, 0.3) is 0 Å². The van der Waals surface area contributed by atoms with Crippen molar-refractivity contribution in [2.75, 3.05) is 26.7 Å². The zero-order valence-corrected chi connectivity index (χ0v) is 11.1. The minimum Gasteiger partial charge on any atom is -0.396 e. The third-order valence-electron chi connectivity index (χ3n) is 3.82. The van der Waals surface area contributed by atoms with Crippen LogP contribution < -0.4 is 5.73 Å². The topological polar surface area (TPSA) is 66.6 Å². The third-order valence-corrected chi connectivity index (χ3v) is 3.82. The van der Waals surface area contributed by atoms with Gasteiger partial charge in [0, 0.05) is 26.7 Å². The maximum absolute atomic E-state index is 12.3. The minimum absolute atomic E-state index is 0.210. The lowest BCUT2D eigenvalue weighted by Crippen LogP contribution is -2.53. The van der Waals surface area contributed by atoms with Crippen molar-refractivity contribution in [1.82, 2.24) is 4.90 Å². The van der Waals surface area contributed by atoms with Crippen molar-refractivity contribution < 1.29 is 9.90 Å². The molecule has 3 N–H and O–H groups in total. The standard InChI is InChI=1S/C13H26N2O2/c1-11-8-13(9-11,10-14)12(17)15(2)6-4-3-5-7-16/h11,16H,3-10,14H2,1-2H3. The van der Waals surface area contributed by atoms with Gasteiger partial charge in [0.1, 0.15) is 0 Å². The van der Waals surface area contributed by atoms with Gasteiger partial charge >= 0.3 is 0 Å². The van der Waals surface area contributed by atoms with Crippen LogP contribution in [0.2, 0.25) is 0 Å². The molecule has 100 valence electrons. The molecule has 0 aliphatic heterocycles. The number of hydrogen-bond acceptors (Lipinski definition) is 3. The predicted octanol–water partition coefficient (Wildman–Crippen LogP) is 0.982. The maximum atomic E-state index is 12.3. The molecule has 0 atom stereocenters. The molecule has 4 nitrogen and oxygen atoms in total. The molecule has 0 aromatic rings. The SMILES string of the molecule is CC1CC(CN)(C(=O)N(C)CCCCCO)C1. The molecule has 1 rings (SSSR count). The molecule has 1 fully saturated rings. The predicted molar refractivity (Wildman–Crippen MR) is 68.5 cm³/mol. The van der Waals surface area contributed by atoms with E-state index in [1.807, 2.05) is 11.9 Å². The summed E-state index contributed by atoms with van der Waals surface area (Å²) < 4.78 is 0. The lowest BCUT2D eigenvalue weighted by atomic mass is 9.62. The zero-order valence-electron chi connectivity index (χ0n) is 11.1. The van der Waals surface area contributed by atoms with E-state index in [0.29, 0.717) is 12.5 Å². The summed E-state index contributed by atoms with van der Waals surface area (Å²) >= 11 is 0. The Hall–Kier alpha value is -0.610. The lowest BCUT2D eigenvalue weighted by molar-refractivity contribution is -0.148. The lowest BCUT2D eigenvalue weighted by Gasteiger charge is -2.46. The van der Waals surface area contributed by atoms with E-state index in [1.54, 1.807) is 0 Å². The van der Waals surface area contributed by atoms with Gasteiger partial charge in [-0.15, -0.1) is 0 Å². The van der Waals surface area contributed by atoms with Crippen LogP contribution in [0.15, 0.2) is 0 Å². The summed E-state index contributed by atoms with van der Waals surface area (Å²) in [5.74, 6) is 0.840. The van der Waals surface area contributed by atoms with Crippen LogP contribution in [0.3, 0.4) is 0 Å². The van der Waals surface area contributed by atoms with Gasteiger partial charge in [-0.25, -0.2) is 0 Å². The van der Waals surface area contributed by atoms with Crippen LogP contribution >= 0.6 is 0 Å². The van der Waals surface area contributed by atoms with Crippen molar-refractivity contribution >= 4 is 5.91 Å². The number of nitrogens with zero attached hydrogens (tertiary/aromatic N) is 1. The van der Waals surface area contributed by atoms with Crippen LogP contribution in [-0.2, 0) is 4.79 Å². The smallest absolute Gasteiger partial charge is 0.229 e. The molecule has 0 bridgehead atoms. The maximum Gasteiger partial charge on any atom is 0.229 e. The van der Waals surface area contributed by atoms with Crippen LogP contribution in [0.5, 0.6) is 0 Å². The molecule has 1 aliphatic rings. The van der Waals surface area contributed by atoms with Crippen LogP contribution in [0.4, 0.5) is 0 Å². The number of aliphatic hydroxyl groups is 1. The van der Waals surface area contributed by atoms with Gasteiger partial charge in [-0.3, -0.25) is 4.79 Å². The summed E-state index contributed by atoms with van der Waals surface area (Å²) in [7, 11) is 1.86.